The Labute approximate surface area is 123 Å². The van der Waals surface area contributed by atoms with Gasteiger partial charge >= 0.3 is 23.7 Å². The normalized spacial score (nSPS) is 51.6. The predicted octanol–water partition coefficient (Wildman–Crippen LogP) is 3.53. The average molecular weight is 356 g/mol. The maximum absolute atomic E-state index is 14.5. The van der Waals surface area contributed by atoms with Gasteiger partial charge < -0.3 is 4.74 Å². The van der Waals surface area contributed by atoms with Gasteiger partial charge in [0.1, 0.15) is 0 Å². The van der Waals surface area contributed by atoms with E-state index in [1.165, 1.54) is 0 Å². The molecule has 11 heteroatoms. The number of ether oxygens (including phenoxy) is 1. The minimum Gasteiger partial charge on any atom is -0.452 e. The van der Waals surface area contributed by atoms with Crippen LogP contribution in [-0.2, 0) is 9.53 Å². The largest absolute Gasteiger partial charge is 0.452 e. The van der Waals surface area contributed by atoms with Crippen LogP contribution in [0.15, 0.2) is 0 Å². The fourth-order valence-corrected chi connectivity index (χ4v) is 4.08. The molecule has 0 amide bonds. The topological polar surface area (TPSA) is 26.3 Å². The number of carbonyl (C=O) groups is 1. The second kappa shape index (κ2) is 3.58. The van der Waals surface area contributed by atoms with Crippen molar-refractivity contribution in [1.82, 2.24) is 0 Å². The molecule has 0 aromatic carbocycles. The van der Waals surface area contributed by atoms with Crippen molar-refractivity contribution in [1.29, 1.82) is 0 Å². The summed E-state index contributed by atoms with van der Waals surface area (Å²) >= 11 is 0. The Morgan fingerprint density at radius 1 is 0.739 bits per heavy atom. The highest BCUT2D eigenvalue weighted by molar-refractivity contribution is 5.67. The number of hydrogen-bond acceptors (Lipinski definition) is 2. The molecule has 4 rings (SSSR count). The fourth-order valence-electron chi connectivity index (χ4n) is 4.08. The van der Waals surface area contributed by atoms with Crippen LogP contribution >= 0.6 is 0 Å². The number of esters is 1. The smallest absolute Gasteiger partial charge is 0.327 e. The molecule has 0 N–H and O–H groups in total. The molecular formula is C12H9F9O2. The van der Waals surface area contributed by atoms with E-state index < -0.39 is 65.6 Å². The van der Waals surface area contributed by atoms with Gasteiger partial charge in [0.05, 0.1) is 0 Å². The molecule has 0 aromatic heterocycles. The molecule has 132 valence electrons. The van der Waals surface area contributed by atoms with Gasteiger partial charge in [-0.25, -0.2) is 13.2 Å². The van der Waals surface area contributed by atoms with E-state index in [0.717, 1.165) is 0 Å². The van der Waals surface area contributed by atoms with E-state index in [1.807, 2.05) is 0 Å². The zero-order chi connectivity index (χ0) is 17.9. The van der Waals surface area contributed by atoms with Crippen molar-refractivity contribution in [3.8, 4) is 0 Å². The van der Waals surface area contributed by atoms with Crippen molar-refractivity contribution < 1.29 is 49.0 Å². The van der Waals surface area contributed by atoms with Crippen molar-refractivity contribution in [3.63, 3.8) is 0 Å². The summed E-state index contributed by atoms with van der Waals surface area (Å²) in [6.07, 6.45) is -7.00. The third-order valence-electron chi connectivity index (χ3n) is 5.08. The van der Waals surface area contributed by atoms with Gasteiger partial charge in [0, 0.05) is 26.2 Å². The van der Waals surface area contributed by atoms with E-state index in [1.54, 1.807) is 0 Å². The lowest BCUT2D eigenvalue weighted by atomic mass is 9.45. The summed E-state index contributed by atoms with van der Waals surface area (Å²) in [5, 5.41) is 0. The van der Waals surface area contributed by atoms with Gasteiger partial charge in [-0.3, -0.25) is 4.79 Å². The molecule has 4 aliphatic carbocycles. The highest BCUT2D eigenvalue weighted by atomic mass is 19.3. The van der Waals surface area contributed by atoms with Crippen LogP contribution in [0.4, 0.5) is 39.5 Å². The first-order valence-electron chi connectivity index (χ1n) is 6.43. The van der Waals surface area contributed by atoms with Crippen LogP contribution in [-0.4, -0.2) is 46.3 Å². The molecule has 4 saturated carbocycles. The van der Waals surface area contributed by atoms with E-state index in [9.17, 15) is 44.3 Å². The Morgan fingerprint density at radius 2 is 1.22 bits per heavy atom. The molecule has 0 spiro atoms. The minimum absolute atomic E-state index is 0.506. The van der Waals surface area contributed by atoms with Gasteiger partial charge in [-0.1, -0.05) is 0 Å². The van der Waals surface area contributed by atoms with Crippen molar-refractivity contribution in [2.24, 2.45) is 0 Å². The maximum Gasteiger partial charge on any atom is 0.327 e. The Balaban J connectivity index is 2.34. The third-order valence-corrected chi connectivity index (χ3v) is 5.08. The number of alkyl halides is 9. The summed E-state index contributed by atoms with van der Waals surface area (Å²) < 4.78 is 132. The van der Waals surface area contributed by atoms with Crippen LogP contribution in [0.5, 0.6) is 0 Å². The van der Waals surface area contributed by atoms with Gasteiger partial charge in [-0.15, -0.1) is 0 Å². The number of hydrogen-bond donors (Lipinski definition) is 0. The van der Waals surface area contributed by atoms with Crippen LogP contribution in [0.25, 0.3) is 0 Å². The van der Waals surface area contributed by atoms with Gasteiger partial charge in [-0.05, 0) is 0 Å². The van der Waals surface area contributed by atoms with Crippen molar-refractivity contribution >= 4 is 5.97 Å². The SMILES string of the molecule is CC(=O)O[C@]12C[C@]3(F)C[C@](F)(C1(F)F)C(F)(F)[C@](F)(C2)C3(F)F. The summed E-state index contributed by atoms with van der Waals surface area (Å²) in [6, 6.07) is 0. The molecule has 0 heterocycles. The van der Waals surface area contributed by atoms with Crippen molar-refractivity contribution in [2.75, 3.05) is 0 Å². The van der Waals surface area contributed by atoms with Gasteiger partial charge in [-0.2, -0.15) is 26.3 Å². The zero-order valence-corrected chi connectivity index (χ0v) is 11.3. The van der Waals surface area contributed by atoms with Crippen LogP contribution in [0, 0.1) is 0 Å². The first kappa shape index (κ1) is 16.7. The monoisotopic (exact) mass is 356 g/mol. The zero-order valence-electron chi connectivity index (χ0n) is 11.3. The summed E-state index contributed by atoms with van der Waals surface area (Å²) in [7, 11) is 0. The first-order valence-corrected chi connectivity index (χ1v) is 6.43. The molecule has 2 nitrogen and oxygen atoms in total. The number of halogens is 9. The van der Waals surface area contributed by atoms with Crippen molar-refractivity contribution in [2.45, 2.75) is 66.6 Å². The van der Waals surface area contributed by atoms with Crippen LogP contribution in [0.3, 0.4) is 0 Å². The quantitative estimate of drug-likeness (QED) is 0.531. The molecule has 0 radical (unpaired) electrons. The van der Waals surface area contributed by atoms with E-state index >= 15 is 0 Å². The highest BCUT2D eigenvalue weighted by Gasteiger charge is 3.02. The third kappa shape index (κ3) is 1.29. The van der Waals surface area contributed by atoms with E-state index in [2.05, 4.69) is 4.74 Å². The molecule has 23 heavy (non-hydrogen) atoms. The second-order valence-corrected chi connectivity index (χ2v) is 6.41. The molecule has 0 aliphatic heterocycles. The summed E-state index contributed by atoms with van der Waals surface area (Å²) in [5.74, 6) is -18.2. The number of carbonyl (C=O) groups excluding carboxylic acids is 1. The standard InChI is InChI=1S/C12H9F9O2/c1-5(22)23-7-2-6(13)3-8(14,11(7,18)19)12(20,21)9(15,4-7)10(6,16)17/h2-4H2,1H3/t6-,7-,8-,9-/m0/s1. The van der Waals surface area contributed by atoms with Crippen LogP contribution < -0.4 is 0 Å². The summed E-state index contributed by atoms with van der Waals surface area (Å²) in [4.78, 5) is 11.0. The molecule has 0 unspecified atom stereocenters. The fraction of sp³-hybridized carbons (Fsp3) is 0.917. The van der Waals surface area contributed by atoms with Gasteiger partial charge in [0.15, 0.2) is 11.3 Å². The van der Waals surface area contributed by atoms with E-state index in [-0.39, 0.29) is 0 Å². The molecule has 4 bridgehead atoms. The molecule has 0 saturated heterocycles. The Kier molecular flexibility index (Phi) is 2.60. The average Bonchev–Trinajstić information content (AvgIpc) is 2.32. The van der Waals surface area contributed by atoms with E-state index in [4.69, 9.17) is 0 Å². The van der Waals surface area contributed by atoms with Crippen LogP contribution in [0.2, 0.25) is 0 Å². The van der Waals surface area contributed by atoms with Crippen LogP contribution in [0.1, 0.15) is 26.2 Å². The lowest BCUT2D eigenvalue weighted by Gasteiger charge is -2.69. The highest BCUT2D eigenvalue weighted by Crippen LogP contribution is 2.79. The minimum atomic E-state index is -5.88. The number of rotatable bonds is 1. The lowest BCUT2D eigenvalue weighted by molar-refractivity contribution is -0.480. The Hall–Kier alpha value is -1.16. The van der Waals surface area contributed by atoms with E-state index in [0.29, 0.717) is 6.92 Å². The molecule has 4 fully saturated rings. The summed E-state index contributed by atoms with van der Waals surface area (Å²) in [5.41, 5.74) is -18.6. The molecule has 4 atom stereocenters. The van der Waals surface area contributed by atoms with Gasteiger partial charge in [0.25, 0.3) is 0 Å². The predicted molar refractivity (Wildman–Crippen MR) is 54.7 cm³/mol. The first-order chi connectivity index (χ1) is 10.0. The second-order valence-electron chi connectivity index (χ2n) is 6.41. The molecule has 0 aromatic rings. The van der Waals surface area contributed by atoms with Gasteiger partial charge in [0.2, 0.25) is 11.3 Å². The molecule has 4 aliphatic rings. The summed E-state index contributed by atoms with van der Waals surface area (Å²) in [6.45, 7) is 0.506. The maximum atomic E-state index is 14.5. The molecular weight excluding hydrogens is 347 g/mol. The van der Waals surface area contributed by atoms with Crippen molar-refractivity contribution in [3.05, 3.63) is 0 Å². The lowest BCUT2D eigenvalue weighted by Crippen LogP contribution is -2.93. The Bertz CT molecular complexity index is 601. The Morgan fingerprint density at radius 3 is 1.70 bits per heavy atom.